The second-order valence-corrected chi connectivity index (χ2v) is 23.4. The largest absolute Gasteiger partial charge is 0.504 e. The number of hydrogen-bond acceptors (Lipinski definition) is 7. The highest BCUT2D eigenvalue weighted by atomic mass is 28.4. The van der Waals surface area contributed by atoms with Crippen LogP contribution in [0.3, 0.4) is 0 Å². The Kier molecular flexibility index (Phi) is 11.3. The van der Waals surface area contributed by atoms with Crippen molar-refractivity contribution in [2.45, 2.75) is 91.4 Å². The van der Waals surface area contributed by atoms with Gasteiger partial charge in [0.25, 0.3) is 0 Å². The predicted octanol–water partition coefficient (Wildman–Crippen LogP) is 7.98. The normalized spacial score (nSPS) is 13.6. The summed E-state index contributed by atoms with van der Waals surface area (Å²) in [4.78, 5) is 0. The van der Waals surface area contributed by atoms with Crippen LogP contribution in [0.1, 0.15) is 52.7 Å². The zero-order chi connectivity index (χ0) is 30.5. The summed E-state index contributed by atoms with van der Waals surface area (Å²) >= 11 is 0. The van der Waals surface area contributed by atoms with Gasteiger partial charge in [-0.2, -0.15) is 0 Å². The number of aromatic hydroxyl groups is 2. The van der Waals surface area contributed by atoms with Crippen molar-refractivity contribution in [1.82, 2.24) is 0 Å². The van der Waals surface area contributed by atoms with Crippen LogP contribution in [0.2, 0.25) is 44.4 Å². The van der Waals surface area contributed by atoms with E-state index in [1.165, 1.54) is 0 Å². The van der Waals surface area contributed by atoms with Crippen LogP contribution in [-0.4, -0.2) is 59.4 Å². The van der Waals surface area contributed by atoms with Crippen LogP contribution >= 0.6 is 0 Å². The molecule has 0 radical (unpaired) electrons. The lowest BCUT2D eigenvalue weighted by atomic mass is 9.75. The van der Waals surface area contributed by atoms with E-state index in [1.807, 2.05) is 40.7 Å². The molecule has 0 aliphatic heterocycles. The quantitative estimate of drug-likeness (QED) is 0.203. The molecule has 0 heterocycles. The summed E-state index contributed by atoms with van der Waals surface area (Å²) in [5.74, 6) is 2.12. The number of rotatable bonds is 15. The molecule has 0 aliphatic carbocycles. The van der Waals surface area contributed by atoms with Crippen molar-refractivity contribution in [3.8, 4) is 40.2 Å². The third-order valence-electron chi connectivity index (χ3n) is 7.13. The van der Waals surface area contributed by atoms with Gasteiger partial charge in [-0.1, -0.05) is 52.3 Å². The Balaban J connectivity index is 3.29. The molecule has 226 valence electrons. The zero-order valence-corrected chi connectivity index (χ0v) is 28.8. The molecule has 0 saturated heterocycles. The Bertz CT molecular complexity index is 1120. The smallest absolute Gasteiger partial charge is 0.207 e. The SMILES string of the molecule is CCOc1c(O)ccc(C(C)(c2cc(O)c(OCC)c(OCC)c2OCC)C([Si](C)(C)C)[Si](C)(C)C)c1OCC. The lowest BCUT2D eigenvalue weighted by Crippen LogP contribution is -2.54. The molecule has 2 rings (SSSR count). The van der Waals surface area contributed by atoms with Gasteiger partial charge in [0.05, 0.1) is 33.0 Å². The first-order chi connectivity index (χ1) is 18.6. The standard InChI is InChI=1S/C31H52O7Si2/c1-13-34-25-21(18-19-23(32)27(25)36-15-3)31(6,30(39(7,8)9)40(10,11)12)22-20-24(33)28(37-16-4)29(38-17-5)26(22)35-14-2/h18-20,30,32-33H,13-17H2,1-12H3. The van der Waals surface area contributed by atoms with Gasteiger partial charge in [-0.3, -0.25) is 0 Å². The van der Waals surface area contributed by atoms with E-state index in [0.29, 0.717) is 56.0 Å². The topological polar surface area (TPSA) is 86.6 Å². The second-order valence-electron chi connectivity index (χ2n) is 12.3. The van der Waals surface area contributed by atoms with Gasteiger partial charge in [-0.25, -0.2) is 0 Å². The minimum Gasteiger partial charge on any atom is -0.504 e. The van der Waals surface area contributed by atoms with Crippen molar-refractivity contribution in [2.75, 3.05) is 33.0 Å². The molecule has 0 amide bonds. The van der Waals surface area contributed by atoms with Crippen LogP contribution in [0.25, 0.3) is 0 Å². The van der Waals surface area contributed by atoms with E-state index < -0.39 is 21.6 Å². The molecular formula is C31H52O7Si2. The first kappa shape index (κ1) is 33.7. The first-order valence-electron chi connectivity index (χ1n) is 14.6. The third kappa shape index (κ3) is 6.67. The molecular weight excluding hydrogens is 541 g/mol. The van der Waals surface area contributed by atoms with Gasteiger partial charge in [-0.05, 0) is 51.9 Å². The van der Waals surface area contributed by atoms with E-state index in [1.54, 1.807) is 12.1 Å². The van der Waals surface area contributed by atoms with Crippen LogP contribution in [-0.2, 0) is 5.41 Å². The first-order valence-corrected chi connectivity index (χ1v) is 21.7. The summed E-state index contributed by atoms with van der Waals surface area (Å²) in [6.07, 6.45) is 0. The number of benzene rings is 2. The molecule has 0 saturated carbocycles. The molecule has 0 aromatic heterocycles. The van der Waals surface area contributed by atoms with E-state index >= 15 is 0 Å². The molecule has 2 N–H and O–H groups in total. The highest BCUT2D eigenvalue weighted by Gasteiger charge is 2.54. The minimum atomic E-state index is -1.95. The molecule has 2 aromatic carbocycles. The van der Waals surface area contributed by atoms with Crippen LogP contribution in [0.4, 0.5) is 0 Å². The lowest BCUT2D eigenvalue weighted by molar-refractivity contribution is 0.247. The van der Waals surface area contributed by atoms with Gasteiger partial charge < -0.3 is 33.9 Å². The predicted molar refractivity (Wildman–Crippen MR) is 169 cm³/mol. The zero-order valence-electron chi connectivity index (χ0n) is 26.8. The van der Waals surface area contributed by atoms with Crippen molar-refractivity contribution < 1.29 is 33.9 Å². The molecule has 0 spiro atoms. The maximum Gasteiger partial charge on any atom is 0.207 e. The molecule has 0 bridgehead atoms. The van der Waals surface area contributed by atoms with Crippen molar-refractivity contribution in [2.24, 2.45) is 0 Å². The maximum atomic E-state index is 11.4. The Hall–Kier alpha value is -2.53. The van der Waals surface area contributed by atoms with E-state index in [9.17, 15) is 10.2 Å². The Morgan fingerprint density at radius 3 is 1.38 bits per heavy atom. The molecule has 1 unspecified atom stereocenters. The minimum absolute atomic E-state index is 0.00153. The molecule has 0 fully saturated rings. The highest BCUT2D eigenvalue weighted by molar-refractivity contribution is 6.96. The lowest BCUT2D eigenvalue weighted by Gasteiger charge is -2.51. The summed E-state index contributed by atoms with van der Waals surface area (Å²) in [5, 5.41) is 22.5. The molecule has 9 heteroatoms. The summed E-state index contributed by atoms with van der Waals surface area (Å²) in [5.41, 5.74) is 0.984. The number of phenols is 2. The number of hydrogen-bond donors (Lipinski definition) is 2. The maximum absolute atomic E-state index is 11.4. The van der Waals surface area contributed by atoms with Crippen LogP contribution in [0.5, 0.6) is 40.2 Å². The van der Waals surface area contributed by atoms with Crippen LogP contribution in [0.15, 0.2) is 18.2 Å². The number of ether oxygens (including phenoxy) is 5. The molecule has 40 heavy (non-hydrogen) atoms. The van der Waals surface area contributed by atoms with Crippen molar-refractivity contribution in [1.29, 1.82) is 0 Å². The Morgan fingerprint density at radius 2 is 0.950 bits per heavy atom. The van der Waals surface area contributed by atoms with Gasteiger partial charge in [0, 0.05) is 32.7 Å². The van der Waals surface area contributed by atoms with E-state index in [0.717, 1.165) is 11.1 Å². The fourth-order valence-corrected chi connectivity index (χ4v) is 21.3. The summed E-state index contributed by atoms with van der Waals surface area (Å²) < 4.78 is 30.7. The summed E-state index contributed by atoms with van der Waals surface area (Å²) in [6.45, 7) is 28.1. The second kappa shape index (κ2) is 13.4. The third-order valence-corrected chi connectivity index (χ3v) is 16.9. The molecule has 1 atom stereocenters. The van der Waals surface area contributed by atoms with Crippen LogP contribution < -0.4 is 23.7 Å². The fourth-order valence-electron chi connectivity index (χ4n) is 6.86. The van der Waals surface area contributed by atoms with Gasteiger partial charge in [0.2, 0.25) is 17.2 Å². The van der Waals surface area contributed by atoms with E-state index in [-0.39, 0.29) is 22.4 Å². The Labute approximate surface area is 243 Å². The number of phenolic OH excluding ortho intramolecular Hbond substituents is 2. The van der Waals surface area contributed by atoms with Crippen molar-refractivity contribution in [3.05, 3.63) is 29.3 Å². The van der Waals surface area contributed by atoms with E-state index in [2.05, 4.69) is 46.2 Å². The molecule has 0 aliphatic rings. The Morgan fingerprint density at radius 1 is 0.575 bits per heavy atom. The van der Waals surface area contributed by atoms with Gasteiger partial charge >= 0.3 is 0 Å². The van der Waals surface area contributed by atoms with Gasteiger partial charge in [0.1, 0.15) is 0 Å². The monoisotopic (exact) mass is 592 g/mol. The average Bonchev–Trinajstić information content (AvgIpc) is 2.83. The van der Waals surface area contributed by atoms with Crippen molar-refractivity contribution in [3.63, 3.8) is 0 Å². The van der Waals surface area contributed by atoms with Gasteiger partial charge in [0.15, 0.2) is 23.0 Å². The van der Waals surface area contributed by atoms with Crippen LogP contribution in [0, 0.1) is 0 Å². The van der Waals surface area contributed by atoms with E-state index in [4.69, 9.17) is 23.7 Å². The summed E-state index contributed by atoms with van der Waals surface area (Å²) in [7, 11) is -3.91. The molecule has 2 aromatic rings. The average molecular weight is 593 g/mol. The highest BCUT2D eigenvalue weighted by Crippen LogP contribution is 2.61. The van der Waals surface area contributed by atoms with Crippen molar-refractivity contribution >= 4 is 16.1 Å². The van der Waals surface area contributed by atoms with Gasteiger partial charge in [-0.15, -0.1) is 0 Å². The fraction of sp³-hybridized carbons (Fsp3) is 0.613. The summed E-state index contributed by atoms with van der Waals surface area (Å²) in [6, 6.07) is 5.42. The molecule has 7 nitrogen and oxygen atoms in total.